The van der Waals surface area contributed by atoms with E-state index in [0.717, 1.165) is 23.3 Å². The smallest absolute Gasteiger partial charge is 0.343 e. The zero-order valence-electron chi connectivity index (χ0n) is 21.3. The molecule has 39 heavy (non-hydrogen) atoms. The Morgan fingerprint density at radius 2 is 1.87 bits per heavy atom. The van der Waals surface area contributed by atoms with Crippen LogP contribution in [0.25, 0.3) is 0 Å². The van der Waals surface area contributed by atoms with Gasteiger partial charge in [0.25, 0.3) is 0 Å². The lowest BCUT2D eigenvalue weighted by Crippen LogP contribution is -2.32. The molecule has 1 aliphatic rings. The number of fused-ring (bicyclic) bond motifs is 1. The standard InChI is InChI=1S/C28H26BrN3O6S/c1-3-37-28(36)23-20-11-9-16(2)13-22(20)39-26(23)31-24(33)25(34)32-30-15-18-14-19(29)10-12-21(18)38-27(35)17-7-5-4-6-8-17/h4-8,10,12,14-16H,3,9,11,13H2,1-2H3,(H,31,33)(H,32,34). The largest absolute Gasteiger partial charge is 0.462 e. The van der Waals surface area contributed by atoms with Crippen molar-refractivity contribution in [3.05, 3.63) is 80.1 Å². The van der Waals surface area contributed by atoms with Gasteiger partial charge in [0, 0.05) is 14.9 Å². The number of nitrogens with one attached hydrogen (secondary N) is 2. The van der Waals surface area contributed by atoms with E-state index in [1.54, 1.807) is 55.5 Å². The molecule has 1 aromatic heterocycles. The fourth-order valence-corrected chi connectivity index (χ4v) is 5.85. The summed E-state index contributed by atoms with van der Waals surface area (Å²) in [7, 11) is 0. The van der Waals surface area contributed by atoms with E-state index in [1.165, 1.54) is 17.6 Å². The zero-order valence-corrected chi connectivity index (χ0v) is 23.7. The number of rotatable bonds is 7. The minimum atomic E-state index is -1.03. The van der Waals surface area contributed by atoms with Gasteiger partial charge in [-0.1, -0.05) is 41.1 Å². The van der Waals surface area contributed by atoms with Crippen LogP contribution in [0.1, 0.15) is 57.0 Å². The first kappa shape index (κ1) is 28.2. The molecule has 2 N–H and O–H groups in total. The Morgan fingerprint density at radius 3 is 2.62 bits per heavy atom. The van der Waals surface area contributed by atoms with Crippen LogP contribution in [0.5, 0.6) is 5.75 Å². The molecule has 0 radical (unpaired) electrons. The molecule has 1 unspecified atom stereocenters. The van der Waals surface area contributed by atoms with Crippen LogP contribution in [-0.4, -0.2) is 36.6 Å². The Morgan fingerprint density at radius 1 is 1.10 bits per heavy atom. The number of hydrazone groups is 1. The highest BCUT2D eigenvalue weighted by molar-refractivity contribution is 9.10. The van der Waals surface area contributed by atoms with Gasteiger partial charge in [-0.05, 0) is 68.0 Å². The molecule has 0 bridgehead atoms. The molecule has 2 aromatic carbocycles. The molecule has 9 nitrogen and oxygen atoms in total. The number of hydrogen-bond acceptors (Lipinski definition) is 8. The van der Waals surface area contributed by atoms with Crippen molar-refractivity contribution in [3.8, 4) is 5.75 Å². The topological polar surface area (TPSA) is 123 Å². The normalized spacial score (nSPS) is 14.4. The highest BCUT2D eigenvalue weighted by Crippen LogP contribution is 2.40. The fourth-order valence-electron chi connectivity index (χ4n) is 4.08. The second-order valence-corrected chi connectivity index (χ2v) is 10.9. The van der Waals surface area contributed by atoms with Crippen molar-refractivity contribution in [1.82, 2.24) is 5.43 Å². The number of anilines is 1. The lowest BCUT2D eigenvalue weighted by Gasteiger charge is -2.18. The molecule has 202 valence electrons. The van der Waals surface area contributed by atoms with E-state index in [9.17, 15) is 19.2 Å². The van der Waals surface area contributed by atoms with Gasteiger partial charge >= 0.3 is 23.8 Å². The molecule has 0 saturated heterocycles. The summed E-state index contributed by atoms with van der Waals surface area (Å²) in [4.78, 5) is 51.3. The molecule has 0 saturated carbocycles. The molecule has 11 heteroatoms. The van der Waals surface area contributed by atoms with Crippen molar-refractivity contribution < 1.29 is 28.7 Å². The van der Waals surface area contributed by atoms with Crippen LogP contribution in [0.15, 0.2) is 58.1 Å². The SMILES string of the molecule is CCOC(=O)c1c(NC(=O)C(=O)NN=Cc2cc(Br)ccc2OC(=O)c2ccccc2)sc2c1CCC(C)C2. The number of hydrogen-bond donors (Lipinski definition) is 2. The van der Waals surface area contributed by atoms with E-state index >= 15 is 0 Å². The maximum absolute atomic E-state index is 12.7. The number of benzene rings is 2. The molecule has 0 fully saturated rings. The van der Waals surface area contributed by atoms with Crippen LogP contribution in [0.2, 0.25) is 0 Å². The quantitative estimate of drug-likeness (QED) is 0.126. The van der Waals surface area contributed by atoms with Crippen LogP contribution in [0.4, 0.5) is 5.00 Å². The average Bonchev–Trinajstić information content (AvgIpc) is 3.27. The van der Waals surface area contributed by atoms with Crippen molar-refractivity contribution in [2.45, 2.75) is 33.1 Å². The van der Waals surface area contributed by atoms with Gasteiger partial charge in [0.05, 0.1) is 23.9 Å². The van der Waals surface area contributed by atoms with Crippen LogP contribution in [0.3, 0.4) is 0 Å². The summed E-state index contributed by atoms with van der Waals surface area (Å²) in [5.41, 5.74) is 4.12. The molecule has 1 heterocycles. The zero-order chi connectivity index (χ0) is 27.9. The number of halogens is 1. The Bertz CT molecular complexity index is 1440. The van der Waals surface area contributed by atoms with Crippen molar-refractivity contribution in [2.75, 3.05) is 11.9 Å². The lowest BCUT2D eigenvalue weighted by molar-refractivity contribution is -0.136. The molecule has 1 atom stereocenters. The van der Waals surface area contributed by atoms with Crippen molar-refractivity contribution in [3.63, 3.8) is 0 Å². The Balaban J connectivity index is 1.45. The second kappa shape index (κ2) is 12.8. The highest BCUT2D eigenvalue weighted by Gasteiger charge is 2.30. The first-order valence-corrected chi connectivity index (χ1v) is 13.9. The maximum Gasteiger partial charge on any atom is 0.343 e. The molecule has 0 aliphatic heterocycles. The van der Waals surface area contributed by atoms with Crippen LogP contribution in [0, 0.1) is 5.92 Å². The summed E-state index contributed by atoms with van der Waals surface area (Å²) in [5.74, 6) is -2.41. The monoisotopic (exact) mass is 611 g/mol. The number of amides is 2. The number of ether oxygens (including phenoxy) is 2. The van der Waals surface area contributed by atoms with E-state index in [1.807, 2.05) is 0 Å². The Hall–Kier alpha value is -3.83. The third kappa shape index (κ3) is 6.98. The molecular formula is C28H26BrN3O6S. The lowest BCUT2D eigenvalue weighted by atomic mass is 9.88. The van der Waals surface area contributed by atoms with Gasteiger partial charge in [-0.2, -0.15) is 5.10 Å². The van der Waals surface area contributed by atoms with E-state index in [4.69, 9.17) is 9.47 Å². The van der Waals surface area contributed by atoms with E-state index in [-0.39, 0.29) is 12.4 Å². The third-order valence-corrected chi connectivity index (χ3v) is 7.64. The van der Waals surface area contributed by atoms with Crippen molar-refractivity contribution >= 4 is 62.2 Å². The minimum absolute atomic E-state index is 0.195. The Labute approximate surface area is 237 Å². The minimum Gasteiger partial charge on any atom is -0.462 e. The average molecular weight is 613 g/mol. The van der Waals surface area contributed by atoms with Crippen molar-refractivity contribution in [1.29, 1.82) is 0 Å². The highest BCUT2D eigenvalue weighted by atomic mass is 79.9. The van der Waals surface area contributed by atoms with Crippen LogP contribution >= 0.6 is 27.3 Å². The molecular weight excluding hydrogens is 586 g/mol. The van der Waals surface area contributed by atoms with Gasteiger partial charge in [-0.25, -0.2) is 15.0 Å². The van der Waals surface area contributed by atoms with Gasteiger partial charge in [-0.15, -0.1) is 11.3 Å². The van der Waals surface area contributed by atoms with E-state index in [0.29, 0.717) is 38.5 Å². The maximum atomic E-state index is 12.7. The summed E-state index contributed by atoms with van der Waals surface area (Å²) in [6.07, 6.45) is 3.69. The van der Waals surface area contributed by atoms with Gasteiger partial charge < -0.3 is 14.8 Å². The number of carbonyl (C=O) groups is 4. The Kier molecular flexibility index (Phi) is 9.26. The number of esters is 2. The van der Waals surface area contributed by atoms with E-state index in [2.05, 4.69) is 38.7 Å². The first-order valence-electron chi connectivity index (χ1n) is 12.3. The first-order chi connectivity index (χ1) is 18.8. The van der Waals surface area contributed by atoms with Gasteiger partial charge in [0.2, 0.25) is 0 Å². The summed E-state index contributed by atoms with van der Waals surface area (Å²) in [5, 5.41) is 6.70. The summed E-state index contributed by atoms with van der Waals surface area (Å²) in [6, 6.07) is 13.4. The molecule has 4 rings (SSSR count). The third-order valence-electron chi connectivity index (χ3n) is 5.98. The van der Waals surface area contributed by atoms with E-state index < -0.39 is 23.8 Å². The van der Waals surface area contributed by atoms with Gasteiger partial charge in [0.15, 0.2) is 0 Å². The fraction of sp³-hybridized carbons (Fsp3) is 0.250. The number of carbonyl (C=O) groups excluding carboxylic acids is 4. The molecule has 1 aliphatic carbocycles. The molecule has 3 aromatic rings. The van der Waals surface area contributed by atoms with Crippen LogP contribution in [-0.2, 0) is 27.2 Å². The summed E-state index contributed by atoms with van der Waals surface area (Å²) < 4.78 is 11.4. The molecule has 0 spiro atoms. The molecule has 2 amide bonds. The summed E-state index contributed by atoms with van der Waals surface area (Å²) >= 11 is 4.64. The van der Waals surface area contributed by atoms with Gasteiger partial charge in [0.1, 0.15) is 10.8 Å². The number of nitrogens with zero attached hydrogens (tertiary/aromatic N) is 1. The predicted octanol–water partition coefficient (Wildman–Crippen LogP) is 5.12. The van der Waals surface area contributed by atoms with Gasteiger partial charge in [-0.3, -0.25) is 9.59 Å². The van der Waals surface area contributed by atoms with Crippen molar-refractivity contribution in [2.24, 2.45) is 11.0 Å². The number of thiophene rings is 1. The predicted molar refractivity (Wildman–Crippen MR) is 151 cm³/mol. The summed E-state index contributed by atoms with van der Waals surface area (Å²) in [6.45, 7) is 4.04. The van der Waals surface area contributed by atoms with Crippen LogP contribution < -0.4 is 15.5 Å². The second-order valence-electron chi connectivity index (χ2n) is 8.87.